The van der Waals surface area contributed by atoms with Gasteiger partial charge in [-0.05, 0) is 38.8 Å². The molecule has 26 heavy (non-hydrogen) atoms. The fourth-order valence-electron chi connectivity index (χ4n) is 3.30. The van der Waals surface area contributed by atoms with E-state index in [1.807, 2.05) is 42.7 Å². The van der Waals surface area contributed by atoms with Gasteiger partial charge in [-0.25, -0.2) is 4.98 Å². The molecule has 1 aromatic carbocycles. The fraction of sp³-hybridized carbons (Fsp3) is 0.526. The summed E-state index contributed by atoms with van der Waals surface area (Å²) in [7, 11) is 0. The first-order chi connectivity index (χ1) is 12.5. The molecule has 0 bridgehead atoms. The summed E-state index contributed by atoms with van der Waals surface area (Å²) in [4.78, 5) is 29.1. The van der Waals surface area contributed by atoms with Crippen molar-refractivity contribution in [3.05, 3.63) is 24.3 Å². The summed E-state index contributed by atoms with van der Waals surface area (Å²) in [6.07, 6.45) is 4.50. The van der Waals surface area contributed by atoms with Gasteiger partial charge in [0.2, 0.25) is 11.8 Å². The maximum atomic E-state index is 12.5. The summed E-state index contributed by atoms with van der Waals surface area (Å²) >= 11 is 1.37. The number of nitrogens with zero attached hydrogens (tertiary/aromatic N) is 2. The predicted octanol–water partition coefficient (Wildman–Crippen LogP) is 2.71. The Hall–Kier alpha value is -2.02. The Kier molecular flexibility index (Phi) is 6.19. The number of hydrogen-bond donors (Lipinski definition) is 2. The summed E-state index contributed by atoms with van der Waals surface area (Å²) in [6, 6.07) is 8.17. The normalized spacial score (nSPS) is 14.9. The molecule has 0 aliphatic heterocycles. The topological polar surface area (TPSA) is 76.0 Å². The van der Waals surface area contributed by atoms with Gasteiger partial charge in [-0.3, -0.25) is 9.59 Å². The van der Waals surface area contributed by atoms with E-state index < -0.39 is 0 Å². The molecule has 0 radical (unpaired) electrons. The van der Waals surface area contributed by atoms with E-state index in [0.717, 1.165) is 23.9 Å². The summed E-state index contributed by atoms with van der Waals surface area (Å²) in [5.74, 6) is 0.263. The molecule has 7 heteroatoms. The maximum Gasteiger partial charge on any atom is 0.240 e. The van der Waals surface area contributed by atoms with Gasteiger partial charge in [-0.1, -0.05) is 36.7 Å². The van der Waals surface area contributed by atoms with E-state index in [0.29, 0.717) is 11.2 Å². The minimum Gasteiger partial charge on any atom is -0.353 e. The number of rotatable bonds is 7. The first-order valence-corrected chi connectivity index (χ1v) is 10.2. The van der Waals surface area contributed by atoms with Gasteiger partial charge in [0, 0.05) is 12.1 Å². The quantitative estimate of drug-likeness (QED) is 0.731. The van der Waals surface area contributed by atoms with Crippen molar-refractivity contribution in [2.45, 2.75) is 63.3 Å². The monoisotopic (exact) mass is 374 g/mol. The molecule has 0 atom stereocenters. The van der Waals surface area contributed by atoms with E-state index in [1.54, 1.807) is 0 Å². The highest BCUT2D eigenvalue weighted by molar-refractivity contribution is 7.99. The number of carbonyl (C=O) groups is 2. The molecule has 6 nitrogen and oxygen atoms in total. The van der Waals surface area contributed by atoms with Crippen LogP contribution in [-0.2, 0) is 16.1 Å². The molecular weight excluding hydrogens is 348 g/mol. The Balaban J connectivity index is 1.73. The Morgan fingerprint density at radius 3 is 2.69 bits per heavy atom. The van der Waals surface area contributed by atoms with Gasteiger partial charge in [-0.2, -0.15) is 0 Å². The van der Waals surface area contributed by atoms with Gasteiger partial charge in [0.05, 0.1) is 16.8 Å². The summed E-state index contributed by atoms with van der Waals surface area (Å²) < 4.78 is 1.91. The number of thioether (sulfide) groups is 1. The average Bonchev–Trinajstić information content (AvgIpc) is 3.21. The lowest BCUT2D eigenvalue weighted by atomic mass is 10.2. The van der Waals surface area contributed by atoms with Crippen LogP contribution in [0.15, 0.2) is 29.4 Å². The number of imidazole rings is 1. The lowest BCUT2D eigenvalue weighted by Crippen LogP contribution is -2.35. The second kappa shape index (κ2) is 8.58. The van der Waals surface area contributed by atoms with Crippen LogP contribution in [0.1, 0.15) is 39.5 Å². The zero-order valence-corrected chi connectivity index (χ0v) is 16.1. The van der Waals surface area contributed by atoms with Crippen LogP contribution in [0.25, 0.3) is 11.0 Å². The number of benzene rings is 1. The molecule has 3 rings (SSSR count). The zero-order valence-electron chi connectivity index (χ0n) is 15.3. The Morgan fingerprint density at radius 2 is 1.96 bits per heavy atom. The minimum atomic E-state index is -0.0287. The minimum absolute atomic E-state index is 0.00790. The van der Waals surface area contributed by atoms with Crippen LogP contribution in [0.2, 0.25) is 0 Å². The third kappa shape index (κ3) is 4.78. The number of amides is 2. The van der Waals surface area contributed by atoms with Crippen LogP contribution in [0.4, 0.5) is 0 Å². The largest absolute Gasteiger partial charge is 0.353 e. The van der Waals surface area contributed by atoms with Crippen LogP contribution < -0.4 is 10.6 Å². The average molecular weight is 375 g/mol. The smallest absolute Gasteiger partial charge is 0.240 e. The highest BCUT2D eigenvalue weighted by atomic mass is 32.2. The second-order valence-electron chi connectivity index (χ2n) is 7.03. The fourth-order valence-corrected chi connectivity index (χ4v) is 4.12. The molecule has 1 heterocycles. The van der Waals surface area contributed by atoms with Crippen molar-refractivity contribution in [3.63, 3.8) is 0 Å². The molecule has 1 fully saturated rings. The van der Waals surface area contributed by atoms with Crippen molar-refractivity contribution in [1.29, 1.82) is 0 Å². The Bertz CT molecular complexity index is 781. The van der Waals surface area contributed by atoms with Gasteiger partial charge in [0.25, 0.3) is 0 Å². The highest BCUT2D eigenvalue weighted by Crippen LogP contribution is 2.24. The maximum absolute atomic E-state index is 12.5. The molecule has 2 amide bonds. The van der Waals surface area contributed by atoms with E-state index >= 15 is 0 Å². The third-order valence-corrected chi connectivity index (χ3v) is 5.40. The SMILES string of the molecule is CC(C)NC(=O)CSc1nc2ccccc2n1CC(=O)NC1CCCC1. The summed E-state index contributed by atoms with van der Waals surface area (Å²) in [6.45, 7) is 4.10. The van der Waals surface area contributed by atoms with Crippen LogP contribution in [0.5, 0.6) is 0 Å². The van der Waals surface area contributed by atoms with Crippen molar-refractivity contribution in [3.8, 4) is 0 Å². The van der Waals surface area contributed by atoms with E-state index in [-0.39, 0.29) is 30.2 Å². The van der Waals surface area contributed by atoms with Crippen LogP contribution in [0.3, 0.4) is 0 Å². The van der Waals surface area contributed by atoms with Crippen molar-refractivity contribution in [2.75, 3.05) is 5.75 Å². The standard InChI is InChI=1S/C19H26N4O2S/c1-13(2)20-18(25)12-26-19-22-15-9-5-6-10-16(15)23(19)11-17(24)21-14-7-3-4-8-14/h5-6,9-10,13-14H,3-4,7-8,11-12H2,1-2H3,(H,20,25)(H,21,24). The van der Waals surface area contributed by atoms with Gasteiger partial charge in [-0.15, -0.1) is 0 Å². The number of aromatic nitrogens is 2. The van der Waals surface area contributed by atoms with E-state index in [1.165, 1.54) is 24.6 Å². The molecule has 1 aromatic heterocycles. The zero-order chi connectivity index (χ0) is 18.5. The van der Waals surface area contributed by atoms with E-state index in [4.69, 9.17) is 0 Å². The predicted molar refractivity (Wildman–Crippen MR) is 104 cm³/mol. The number of para-hydroxylation sites is 2. The highest BCUT2D eigenvalue weighted by Gasteiger charge is 2.20. The molecule has 2 aromatic rings. The number of nitrogens with one attached hydrogen (secondary N) is 2. The Labute approximate surface area is 158 Å². The molecular formula is C19H26N4O2S. The van der Waals surface area contributed by atoms with E-state index in [9.17, 15) is 9.59 Å². The molecule has 1 aliphatic carbocycles. The number of hydrogen-bond acceptors (Lipinski definition) is 4. The van der Waals surface area contributed by atoms with Gasteiger partial charge >= 0.3 is 0 Å². The molecule has 1 aliphatic rings. The van der Waals surface area contributed by atoms with Crippen LogP contribution in [0, 0.1) is 0 Å². The lowest BCUT2D eigenvalue weighted by Gasteiger charge is -2.14. The lowest BCUT2D eigenvalue weighted by molar-refractivity contribution is -0.122. The number of carbonyl (C=O) groups excluding carboxylic acids is 2. The molecule has 0 spiro atoms. The number of fused-ring (bicyclic) bond motifs is 1. The third-order valence-electron chi connectivity index (χ3n) is 4.42. The van der Waals surface area contributed by atoms with Gasteiger partial charge in [0.1, 0.15) is 6.54 Å². The molecule has 1 saturated carbocycles. The van der Waals surface area contributed by atoms with Gasteiger partial charge < -0.3 is 15.2 Å². The van der Waals surface area contributed by atoms with Crippen LogP contribution >= 0.6 is 11.8 Å². The van der Waals surface area contributed by atoms with Crippen molar-refractivity contribution in [1.82, 2.24) is 20.2 Å². The molecule has 2 N–H and O–H groups in total. The van der Waals surface area contributed by atoms with Crippen LogP contribution in [-0.4, -0.2) is 39.2 Å². The first-order valence-electron chi connectivity index (χ1n) is 9.19. The van der Waals surface area contributed by atoms with E-state index in [2.05, 4.69) is 15.6 Å². The van der Waals surface area contributed by atoms with Crippen molar-refractivity contribution in [2.24, 2.45) is 0 Å². The summed E-state index contributed by atoms with van der Waals surface area (Å²) in [5.41, 5.74) is 1.76. The first kappa shape index (κ1) is 18.8. The molecule has 0 saturated heterocycles. The van der Waals surface area contributed by atoms with Crippen molar-refractivity contribution < 1.29 is 9.59 Å². The second-order valence-corrected chi connectivity index (χ2v) is 7.97. The molecule has 140 valence electrons. The molecule has 0 unspecified atom stereocenters. The van der Waals surface area contributed by atoms with Gasteiger partial charge in [0.15, 0.2) is 5.16 Å². The van der Waals surface area contributed by atoms with Crippen molar-refractivity contribution >= 4 is 34.6 Å². The Morgan fingerprint density at radius 1 is 1.23 bits per heavy atom. The summed E-state index contributed by atoms with van der Waals surface area (Å²) in [5, 5.41) is 6.70.